The third-order valence-electron chi connectivity index (χ3n) is 2.40. The predicted molar refractivity (Wildman–Crippen MR) is 76.1 cm³/mol. The number of carbonyl (C=O) groups is 1. The van der Waals surface area contributed by atoms with Crippen molar-refractivity contribution < 1.29 is 14.3 Å². The molecule has 0 saturated heterocycles. The van der Waals surface area contributed by atoms with Gasteiger partial charge in [-0.3, -0.25) is 4.79 Å². The number of methoxy groups -OCH3 is 1. The first-order valence-corrected chi connectivity index (χ1v) is 6.75. The van der Waals surface area contributed by atoms with Crippen molar-refractivity contribution in [1.29, 1.82) is 0 Å². The standard InChI is InChI=1S/C14H20ClNO3/c1-3-7-19-13-6-4-5-11(8-13)14(17)16-9-12(15)10-18-2/h4-6,8,12H,3,7,9-10H2,1-2H3,(H,16,17). The quantitative estimate of drug-likeness (QED) is 0.747. The molecule has 5 heteroatoms. The number of hydrogen-bond donors (Lipinski definition) is 1. The van der Waals surface area contributed by atoms with Crippen LogP contribution in [-0.2, 0) is 4.74 Å². The number of nitrogens with one attached hydrogen (secondary N) is 1. The molecule has 0 spiro atoms. The summed E-state index contributed by atoms with van der Waals surface area (Å²) >= 11 is 5.95. The van der Waals surface area contributed by atoms with Gasteiger partial charge >= 0.3 is 0 Å². The molecular weight excluding hydrogens is 266 g/mol. The molecule has 0 radical (unpaired) electrons. The van der Waals surface area contributed by atoms with E-state index in [2.05, 4.69) is 5.32 Å². The molecular formula is C14H20ClNO3. The maximum absolute atomic E-state index is 11.9. The number of ether oxygens (including phenoxy) is 2. The summed E-state index contributed by atoms with van der Waals surface area (Å²) in [6, 6.07) is 7.10. The molecule has 0 aliphatic carbocycles. The summed E-state index contributed by atoms with van der Waals surface area (Å²) in [5, 5.41) is 2.53. The second-order valence-electron chi connectivity index (χ2n) is 4.14. The van der Waals surface area contributed by atoms with Crippen LogP contribution in [0.2, 0.25) is 0 Å². The third kappa shape index (κ3) is 5.94. The number of alkyl halides is 1. The van der Waals surface area contributed by atoms with Gasteiger partial charge in [0, 0.05) is 19.2 Å². The van der Waals surface area contributed by atoms with Crippen molar-refractivity contribution in [3.63, 3.8) is 0 Å². The molecule has 0 fully saturated rings. The Kier molecular flexibility index (Phi) is 7.30. The van der Waals surface area contributed by atoms with E-state index in [4.69, 9.17) is 21.1 Å². The number of rotatable bonds is 8. The first kappa shape index (κ1) is 15.8. The zero-order valence-electron chi connectivity index (χ0n) is 11.3. The maximum Gasteiger partial charge on any atom is 0.251 e. The zero-order valence-corrected chi connectivity index (χ0v) is 12.1. The van der Waals surface area contributed by atoms with E-state index in [-0.39, 0.29) is 11.3 Å². The smallest absolute Gasteiger partial charge is 0.251 e. The Hall–Kier alpha value is -1.26. The van der Waals surface area contributed by atoms with Gasteiger partial charge in [-0.2, -0.15) is 0 Å². The molecule has 1 rings (SSSR count). The first-order chi connectivity index (χ1) is 9.17. The Labute approximate surface area is 119 Å². The topological polar surface area (TPSA) is 47.6 Å². The molecule has 0 heterocycles. The normalized spacial score (nSPS) is 11.9. The molecule has 4 nitrogen and oxygen atoms in total. The summed E-state index contributed by atoms with van der Waals surface area (Å²) in [5.74, 6) is 0.539. The van der Waals surface area contributed by atoms with Gasteiger partial charge in [0.15, 0.2) is 0 Å². The number of benzene rings is 1. The Balaban J connectivity index is 2.51. The van der Waals surface area contributed by atoms with Crippen molar-refractivity contribution in [1.82, 2.24) is 5.32 Å². The Bertz CT molecular complexity index is 398. The van der Waals surface area contributed by atoms with Crippen molar-refractivity contribution in [2.75, 3.05) is 26.9 Å². The van der Waals surface area contributed by atoms with Gasteiger partial charge in [0.05, 0.1) is 18.6 Å². The van der Waals surface area contributed by atoms with Gasteiger partial charge in [0.25, 0.3) is 5.91 Å². The van der Waals surface area contributed by atoms with Gasteiger partial charge in [-0.05, 0) is 24.6 Å². The van der Waals surface area contributed by atoms with Crippen LogP contribution in [0.25, 0.3) is 0 Å². The molecule has 0 aromatic heterocycles. The highest BCUT2D eigenvalue weighted by Gasteiger charge is 2.09. The molecule has 19 heavy (non-hydrogen) atoms. The SMILES string of the molecule is CCCOc1cccc(C(=O)NCC(Cl)COC)c1. The second kappa shape index (κ2) is 8.77. The average Bonchev–Trinajstić information content (AvgIpc) is 2.43. The highest BCUT2D eigenvalue weighted by atomic mass is 35.5. The fraction of sp³-hybridized carbons (Fsp3) is 0.500. The Morgan fingerprint density at radius 3 is 2.95 bits per heavy atom. The van der Waals surface area contributed by atoms with Crippen molar-refractivity contribution in [3.8, 4) is 5.75 Å². The summed E-state index contributed by atoms with van der Waals surface area (Å²) in [6.45, 7) is 3.45. The predicted octanol–water partition coefficient (Wildman–Crippen LogP) is 2.46. The fourth-order valence-electron chi connectivity index (χ4n) is 1.49. The van der Waals surface area contributed by atoms with Crippen LogP contribution in [-0.4, -0.2) is 38.2 Å². The van der Waals surface area contributed by atoms with Gasteiger partial charge in [-0.25, -0.2) is 0 Å². The van der Waals surface area contributed by atoms with Crippen molar-refractivity contribution in [2.24, 2.45) is 0 Å². The van der Waals surface area contributed by atoms with Crippen LogP contribution < -0.4 is 10.1 Å². The number of halogens is 1. The molecule has 0 aliphatic heterocycles. The molecule has 1 N–H and O–H groups in total. The Morgan fingerprint density at radius 1 is 1.47 bits per heavy atom. The van der Waals surface area contributed by atoms with Crippen LogP contribution in [0.4, 0.5) is 0 Å². The van der Waals surface area contributed by atoms with Gasteiger partial charge in [-0.15, -0.1) is 11.6 Å². The molecule has 1 atom stereocenters. The van der Waals surface area contributed by atoms with Crippen molar-refractivity contribution in [3.05, 3.63) is 29.8 Å². The third-order valence-corrected chi connectivity index (χ3v) is 2.68. The summed E-state index contributed by atoms with van der Waals surface area (Å²) < 4.78 is 10.4. The van der Waals surface area contributed by atoms with Crippen LogP contribution in [0, 0.1) is 0 Å². The van der Waals surface area contributed by atoms with Crippen LogP contribution in [0.5, 0.6) is 5.75 Å². The van der Waals surface area contributed by atoms with E-state index < -0.39 is 0 Å². The minimum atomic E-state index is -0.228. The van der Waals surface area contributed by atoms with E-state index in [0.717, 1.165) is 6.42 Å². The minimum Gasteiger partial charge on any atom is -0.494 e. The van der Waals surface area contributed by atoms with Crippen molar-refractivity contribution in [2.45, 2.75) is 18.7 Å². The largest absolute Gasteiger partial charge is 0.494 e. The highest BCUT2D eigenvalue weighted by Crippen LogP contribution is 2.13. The van der Waals surface area contributed by atoms with Crippen LogP contribution in [0.3, 0.4) is 0 Å². The minimum absolute atomic E-state index is 0.163. The van der Waals surface area contributed by atoms with Crippen molar-refractivity contribution >= 4 is 17.5 Å². The molecule has 0 bridgehead atoms. The molecule has 0 aliphatic rings. The van der Waals surface area contributed by atoms with Gasteiger partial charge in [0.2, 0.25) is 0 Å². The van der Waals surface area contributed by atoms with Crippen LogP contribution in [0.1, 0.15) is 23.7 Å². The molecule has 1 amide bonds. The highest BCUT2D eigenvalue weighted by molar-refractivity contribution is 6.21. The first-order valence-electron chi connectivity index (χ1n) is 6.31. The fourth-order valence-corrected chi connectivity index (χ4v) is 1.70. The van der Waals surface area contributed by atoms with E-state index in [1.54, 1.807) is 25.3 Å². The molecule has 0 saturated carbocycles. The van der Waals surface area contributed by atoms with Crippen LogP contribution >= 0.6 is 11.6 Å². The number of carbonyl (C=O) groups excluding carboxylic acids is 1. The van der Waals surface area contributed by atoms with Crippen LogP contribution in [0.15, 0.2) is 24.3 Å². The average molecular weight is 286 g/mol. The Morgan fingerprint density at radius 2 is 2.26 bits per heavy atom. The lowest BCUT2D eigenvalue weighted by Gasteiger charge is -2.11. The number of hydrogen-bond acceptors (Lipinski definition) is 3. The monoisotopic (exact) mass is 285 g/mol. The molecule has 1 unspecified atom stereocenters. The summed E-state index contributed by atoms with van der Waals surface area (Å²) in [4.78, 5) is 11.9. The van der Waals surface area contributed by atoms with Gasteiger partial charge < -0.3 is 14.8 Å². The van der Waals surface area contributed by atoms with Gasteiger partial charge in [0.1, 0.15) is 5.75 Å². The maximum atomic E-state index is 11.9. The second-order valence-corrected chi connectivity index (χ2v) is 4.76. The van der Waals surface area contributed by atoms with E-state index in [1.165, 1.54) is 0 Å². The van der Waals surface area contributed by atoms with E-state index >= 15 is 0 Å². The summed E-state index contributed by atoms with van der Waals surface area (Å²) in [7, 11) is 1.58. The van der Waals surface area contributed by atoms with E-state index in [1.807, 2.05) is 13.0 Å². The molecule has 1 aromatic carbocycles. The lowest BCUT2D eigenvalue weighted by molar-refractivity contribution is 0.0949. The van der Waals surface area contributed by atoms with Gasteiger partial charge in [-0.1, -0.05) is 13.0 Å². The van der Waals surface area contributed by atoms with E-state index in [0.29, 0.717) is 31.1 Å². The lowest BCUT2D eigenvalue weighted by atomic mass is 10.2. The summed E-state index contributed by atoms with van der Waals surface area (Å²) in [5.41, 5.74) is 0.565. The lowest BCUT2D eigenvalue weighted by Crippen LogP contribution is -2.31. The molecule has 106 valence electrons. The zero-order chi connectivity index (χ0) is 14.1. The van der Waals surface area contributed by atoms with E-state index in [9.17, 15) is 4.79 Å². The molecule has 1 aromatic rings. The summed E-state index contributed by atoms with van der Waals surface area (Å²) in [6.07, 6.45) is 0.932. The number of amides is 1.